The summed E-state index contributed by atoms with van der Waals surface area (Å²) in [6, 6.07) is 11.5. The lowest BCUT2D eigenvalue weighted by Gasteiger charge is -2.09. The molecule has 0 saturated carbocycles. The standard InChI is InChI=1S/C17H11ClF2N4O/c18-10-4-1-2-7-13(10)23-17(25)14-8-15(22-9-21-14)24-16-11(19)5-3-6-12(16)20/h1-9H,(H,23,25)(H,21,22,24). The Bertz CT molecular complexity index is 916. The fourth-order valence-corrected chi connectivity index (χ4v) is 2.23. The van der Waals surface area contributed by atoms with Gasteiger partial charge in [-0.25, -0.2) is 18.7 Å². The largest absolute Gasteiger partial charge is 0.335 e. The second kappa shape index (κ2) is 7.23. The molecule has 0 bridgehead atoms. The molecule has 25 heavy (non-hydrogen) atoms. The number of hydrogen-bond acceptors (Lipinski definition) is 4. The van der Waals surface area contributed by atoms with E-state index in [1.54, 1.807) is 24.3 Å². The van der Waals surface area contributed by atoms with Gasteiger partial charge in [-0.15, -0.1) is 0 Å². The number of nitrogens with one attached hydrogen (secondary N) is 2. The molecule has 0 unspecified atom stereocenters. The molecule has 5 nitrogen and oxygen atoms in total. The number of hydrogen-bond donors (Lipinski definition) is 2. The molecule has 3 rings (SSSR count). The number of carbonyl (C=O) groups excluding carboxylic acids is 1. The molecule has 0 saturated heterocycles. The zero-order chi connectivity index (χ0) is 17.8. The summed E-state index contributed by atoms with van der Waals surface area (Å²) in [5.74, 6) is -2.02. The van der Waals surface area contributed by atoms with Crippen LogP contribution in [0.1, 0.15) is 10.5 Å². The fourth-order valence-electron chi connectivity index (χ4n) is 2.04. The van der Waals surface area contributed by atoms with Crippen molar-refractivity contribution in [2.75, 3.05) is 10.6 Å². The van der Waals surface area contributed by atoms with Crippen molar-refractivity contribution in [2.24, 2.45) is 0 Å². The first-order valence-electron chi connectivity index (χ1n) is 7.13. The molecule has 1 amide bonds. The van der Waals surface area contributed by atoms with Crippen molar-refractivity contribution in [1.82, 2.24) is 9.97 Å². The highest BCUT2D eigenvalue weighted by molar-refractivity contribution is 6.33. The average molecular weight is 361 g/mol. The molecule has 3 aromatic rings. The highest BCUT2D eigenvalue weighted by atomic mass is 35.5. The summed E-state index contributed by atoms with van der Waals surface area (Å²) in [4.78, 5) is 20.0. The number of nitrogens with zero attached hydrogens (tertiary/aromatic N) is 2. The molecule has 0 spiro atoms. The van der Waals surface area contributed by atoms with Crippen LogP contribution in [0.25, 0.3) is 0 Å². The van der Waals surface area contributed by atoms with E-state index >= 15 is 0 Å². The predicted molar refractivity (Wildman–Crippen MR) is 91.1 cm³/mol. The average Bonchev–Trinajstić information content (AvgIpc) is 2.60. The van der Waals surface area contributed by atoms with E-state index in [0.29, 0.717) is 10.7 Å². The number of amides is 1. The highest BCUT2D eigenvalue weighted by Gasteiger charge is 2.13. The molecule has 8 heteroatoms. The van der Waals surface area contributed by atoms with Gasteiger partial charge in [0.2, 0.25) is 0 Å². The fraction of sp³-hybridized carbons (Fsp3) is 0. The first-order chi connectivity index (χ1) is 12.0. The summed E-state index contributed by atoms with van der Waals surface area (Å²) in [5.41, 5.74) is 0.0651. The van der Waals surface area contributed by atoms with E-state index in [1.807, 2.05) is 0 Å². The van der Waals surface area contributed by atoms with Crippen LogP contribution in [0, 0.1) is 11.6 Å². The van der Waals surface area contributed by atoms with Crippen LogP contribution in [0.5, 0.6) is 0 Å². The maximum Gasteiger partial charge on any atom is 0.274 e. The summed E-state index contributed by atoms with van der Waals surface area (Å²) in [6.07, 6.45) is 1.11. The summed E-state index contributed by atoms with van der Waals surface area (Å²) < 4.78 is 27.4. The molecular formula is C17H11ClF2N4O. The van der Waals surface area contributed by atoms with Crippen LogP contribution >= 0.6 is 11.6 Å². The maximum atomic E-state index is 13.7. The molecule has 126 valence electrons. The van der Waals surface area contributed by atoms with Crippen molar-refractivity contribution < 1.29 is 13.6 Å². The van der Waals surface area contributed by atoms with Crippen molar-refractivity contribution in [3.05, 3.63) is 77.2 Å². The first-order valence-corrected chi connectivity index (χ1v) is 7.51. The quantitative estimate of drug-likeness (QED) is 0.723. The number of anilines is 3. The molecule has 0 aliphatic carbocycles. The van der Waals surface area contributed by atoms with E-state index in [0.717, 1.165) is 18.5 Å². The number of carbonyl (C=O) groups is 1. The third-order valence-corrected chi connectivity index (χ3v) is 3.57. The molecule has 1 aromatic heterocycles. The lowest BCUT2D eigenvalue weighted by atomic mass is 10.2. The van der Waals surface area contributed by atoms with Gasteiger partial charge in [-0.1, -0.05) is 29.8 Å². The van der Waals surface area contributed by atoms with Crippen LogP contribution in [-0.2, 0) is 0 Å². The molecular weight excluding hydrogens is 350 g/mol. The normalized spacial score (nSPS) is 10.4. The van der Waals surface area contributed by atoms with Gasteiger partial charge in [0.1, 0.15) is 35.2 Å². The van der Waals surface area contributed by atoms with Gasteiger partial charge < -0.3 is 10.6 Å². The number of para-hydroxylation sites is 2. The number of benzene rings is 2. The maximum absolute atomic E-state index is 13.7. The molecule has 1 heterocycles. The first kappa shape index (κ1) is 16.8. The second-order valence-corrected chi connectivity index (χ2v) is 5.35. The number of aromatic nitrogens is 2. The van der Waals surface area contributed by atoms with Crippen molar-refractivity contribution in [2.45, 2.75) is 0 Å². The summed E-state index contributed by atoms with van der Waals surface area (Å²) in [6.45, 7) is 0. The SMILES string of the molecule is O=C(Nc1ccccc1Cl)c1cc(Nc2c(F)cccc2F)ncn1. The molecule has 0 fully saturated rings. The van der Waals surface area contributed by atoms with Crippen molar-refractivity contribution in [3.8, 4) is 0 Å². The van der Waals surface area contributed by atoms with Crippen LogP contribution in [0.15, 0.2) is 54.9 Å². The number of rotatable bonds is 4. The highest BCUT2D eigenvalue weighted by Crippen LogP contribution is 2.23. The van der Waals surface area contributed by atoms with E-state index in [-0.39, 0.29) is 17.2 Å². The Morgan fingerprint density at radius 1 is 1.00 bits per heavy atom. The van der Waals surface area contributed by atoms with Gasteiger partial charge in [0.15, 0.2) is 0 Å². The molecule has 0 aliphatic rings. The van der Waals surface area contributed by atoms with E-state index < -0.39 is 17.5 Å². The zero-order valence-electron chi connectivity index (χ0n) is 12.6. The Labute approximate surface area is 146 Å². The lowest BCUT2D eigenvalue weighted by Crippen LogP contribution is -2.14. The Kier molecular flexibility index (Phi) is 4.85. The van der Waals surface area contributed by atoms with Gasteiger partial charge in [0.05, 0.1) is 10.7 Å². The van der Waals surface area contributed by atoms with E-state index in [9.17, 15) is 13.6 Å². The van der Waals surface area contributed by atoms with Crippen LogP contribution in [-0.4, -0.2) is 15.9 Å². The predicted octanol–water partition coefficient (Wildman–Crippen LogP) is 4.40. The summed E-state index contributed by atoms with van der Waals surface area (Å²) in [7, 11) is 0. The van der Waals surface area contributed by atoms with Crippen LogP contribution in [0.4, 0.5) is 26.0 Å². The summed E-state index contributed by atoms with van der Waals surface area (Å²) in [5, 5.41) is 5.48. The second-order valence-electron chi connectivity index (χ2n) is 4.94. The minimum atomic E-state index is -0.777. The van der Waals surface area contributed by atoms with E-state index in [2.05, 4.69) is 20.6 Å². The van der Waals surface area contributed by atoms with Crippen molar-refractivity contribution >= 4 is 34.7 Å². The topological polar surface area (TPSA) is 66.9 Å². The molecule has 0 aliphatic heterocycles. The Balaban J connectivity index is 1.82. The molecule has 0 radical (unpaired) electrons. The minimum Gasteiger partial charge on any atom is -0.335 e. The molecule has 2 aromatic carbocycles. The van der Waals surface area contributed by atoms with Crippen LogP contribution in [0.3, 0.4) is 0 Å². The van der Waals surface area contributed by atoms with Gasteiger partial charge in [0.25, 0.3) is 5.91 Å². The lowest BCUT2D eigenvalue weighted by molar-refractivity contribution is 0.102. The van der Waals surface area contributed by atoms with Gasteiger partial charge in [-0.2, -0.15) is 0 Å². The smallest absolute Gasteiger partial charge is 0.274 e. The van der Waals surface area contributed by atoms with Crippen molar-refractivity contribution in [3.63, 3.8) is 0 Å². The van der Waals surface area contributed by atoms with Gasteiger partial charge in [-0.05, 0) is 24.3 Å². The Morgan fingerprint density at radius 2 is 1.72 bits per heavy atom. The Morgan fingerprint density at radius 3 is 2.44 bits per heavy atom. The molecule has 0 atom stereocenters. The molecule has 2 N–H and O–H groups in total. The van der Waals surface area contributed by atoms with Crippen LogP contribution < -0.4 is 10.6 Å². The Hall–Kier alpha value is -3.06. The minimum absolute atomic E-state index is 0.00849. The third-order valence-electron chi connectivity index (χ3n) is 3.24. The van der Waals surface area contributed by atoms with Gasteiger partial charge in [0, 0.05) is 6.07 Å². The zero-order valence-corrected chi connectivity index (χ0v) is 13.4. The van der Waals surface area contributed by atoms with Gasteiger partial charge >= 0.3 is 0 Å². The van der Waals surface area contributed by atoms with Gasteiger partial charge in [-0.3, -0.25) is 4.79 Å². The van der Waals surface area contributed by atoms with E-state index in [4.69, 9.17) is 11.6 Å². The third kappa shape index (κ3) is 3.89. The van der Waals surface area contributed by atoms with Crippen molar-refractivity contribution in [1.29, 1.82) is 0 Å². The summed E-state index contributed by atoms with van der Waals surface area (Å²) >= 11 is 5.99. The van der Waals surface area contributed by atoms with Crippen LogP contribution in [0.2, 0.25) is 5.02 Å². The van der Waals surface area contributed by atoms with E-state index in [1.165, 1.54) is 12.1 Å². The monoisotopic (exact) mass is 360 g/mol. The number of halogens is 3.